The SMILES string of the molecule is CNc1nc(-c2ccncn2)nc(C2CCCC2)c1Br. The Kier molecular flexibility index (Phi) is 3.91. The summed E-state index contributed by atoms with van der Waals surface area (Å²) < 4.78 is 0.977. The number of anilines is 1. The summed E-state index contributed by atoms with van der Waals surface area (Å²) in [4.78, 5) is 17.5. The van der Waals surface area contributed by atoms with Crippen LogP contribution in [0.2, 0.25) is 0 Å². The van der Waals surface area contributed by atoms with E-state index in [2.05, 4.69) is 36.2 Å². The van der Waals surface area contributed by atoms with Crippen LogP contribution in [0.3, 0.4) is 0 Å². The van der Waals surface area contributed by atoms with Crippen LogP contribution < -0.4 is 5.32 Å². The average molecular weight is 334 g/mol. The molecule has 0 bridgehead atoms. The highest BCUT2D eigenvalue weighted by Crippen LogP contribution is 2.39. The molecule has 3 rings (SSSR count). The normalized spacial score (nSPS) is 15.5. The molecule has 1 aliphatic carbocycles. The molecule has 5 nitrogen and oxygen atoms in total. The van der Waals surface area contributed by atoms with E-state index in [-0.39, 0.29) is 0 Å². The summed E-state index contributed by atoms with van der Waals surface area (Å²) in [7, 11) is 1.87. The lowest BCUT2D eigenvalue weighted by molar-refractivity contribution is 0.691. The molecule has 104 valence electrons. The van der Waals surface area contributed by atoms with Gasteiger partial charge in [-0.2, -0.15) is 0 Å². The fraction of sp³-hybridized carbons (Fsp3) is 0.429. The van der Waals surface area contributed by atoms with Crippen molar-refractivity contribution in [2.75, 3.05) is 12.4 Å². The van der Waals surface area contributed by atoms with Gasteiger partial charge in [0.25, 0.3) is 0 Å². The van der Waals surface area contributed by atoms with Gasteiger partial charge in [0.05, 0.1) is 10.2 Å². The molecule has 1 fully saturated rings. The first kappa shape index (κ1) is 13.4. The van der Waals surface area contributed by atoms with Gasteiger partial charge in [-0.15, -0.1) is 0 Å². The van der Waals surface area contributed by atoms with Crippen molar-refractivity contribution < 1.29 is 0 Å². The van der Waals surface area contributed by atoms with Crippen LogP contribution in [-0.2, 0) is 0 Å². The molecule has 0 unspecified atom stereocenters. The number of hydrogen-bond acceptors (Lipinski definition) is 5. The zero-order chi connectivity index (χ0) is 13.9. The first-order chi connectivity index (χ1) is 9.79. The molecule has 20 heavy (non-hydrogen) atoms. The fourth-order valence-corrected chi connectivity index (χ4v) is 3.34. The van der Waals surface area contributed by atoms with E-state index < -0.39 is 0 Å². The first-order valence-electron chi connectivity index (χ1n) is 6.81. The Morgan fingerprint density at radius 2 is 2.05 bits per heavy atom. The molecular formula is C14H16BrN5. The maximum atomic E-state index is 4.74. The lowest BCUT2D eigenvalue weighted by Crippen LogP contribution is -2.06. The van der Waals surface area contributed by atoms with E-state index in [9.17, 15) is 0 Å². The smallest absolute Gasteiger partial charge is 0.180 e. The Morgan fingerprint density at radius 3 is 2.70 bits per heavy atom. The van der Waals surface area contributed by atoms with Crippen molar-refractivity contribution in [2.45, 2.75) is 31.6 Å². The van der Waals surface area contributed by atoms with Gasteiger partial charge in [0.15, 0.2) is 5.82 Å². The molecule has 1 N–H and O–H groups in total. The quantitative estimate of drug-likeness (QED) is 0.932. The number of hydrogen-bond donors (Lipinski definition) is 1. The maximum absolute atomic E-state index is 4.74. The summed E-state index contributed by atoms with van der Waals surface area (Å²) in [6.07, 6.45) is 8.18. The molecule has 0 aromatic carbocycles. The van der Waals surface area contributed by atoms with Crippen molar-refractivity contribution in [1.29, 1.82) is 0 Å². The lowest BCUT2D eigenvalue weighted by Gasteiger charge is -2.15. The van der Waals surface area contributed by atoms with Crippen molar-refractivity contribution >= 4 is 21.7 Å². The molecule has 2 aromatic heterocycles. The predicted octanol–water partition coefficient (Wildman–Crippen LogP) is 3.40. The van der Waals surface area contributed by atoms with Gasteiger partial charge >= 0.3 is 0 Å². The number of nitrogens with zero attached hydrogens (tertiary/aromatic N) is 4. The molecule has 0 atom stereocenters. The topological polar surface area (TPSA) is 63.6 Å². The molecule has 2 heterocycles. The molecule has 0 aliphatic heterocycles. The number of rotatable bonds is 3. The van der Waals surface area contributed by atoms with Crippen LogP contribution in [0.15, 0.2) is 23.1 Å². The highest BCUT2D eigenvalue weighted by molar-refractivity contribution is 9.10. The van der Waals surface area contributed by atoms with Gasteiger partial charge in [-0.05, 0) is 34.8 Å². The molecular weight excluding hydrogens is 318 g/mol. The molecule has 0 saturated heterocycles. The molecule has 6 heteroatoms. The fourth-order valence-electron chi connectivity index (χ4n) is 2.64. The third kappa shape index (κ3) is 2.52. The van der Waals surface area contributed by atoms with Gasteiger partial charge in [-0.3, -0.25) is 0 Å². The van der Waals surface area contributed by atoms with Crippen molar-refractivity contribution in [1.82, 2.24) is 19.9 Å². The average Bonchev–Trinajstić information content (AvgIpc) is 3.02. The summed E-state index contributed by atoms with van der Waals surface area (Å²) in [6, 6.07) is 1.83. The van der Waals surface area contributed by atoms with Crippen LogP contribution in [0.5, 0.6) is 0 Å². The Hall–Kier alpha value is -1.56. The zero-order valence-corrected chi connectivity index (χ0v) is 12.9. The monoisotopic (exact) mass is 333 g/mol. The van der Waals surface area contributed by atoms with Gasteiger partial charge in [-0.25, -0.2) is 19.9 Å². The molecule has 0 amide bonds. The predicted molar refractivity (Wildman–Crippen MR) is 81.5 cm³/mol. The lowest BCUT2D eigenvalue weighted by atomic mass is 10.0. The summed E-state index contributed by atoms with van der Waals surface area (Å²) in [5.41, 5.74) is 1.85. The number of aromatic nitrogens is 4. The largest absolute Gasteiger partial charge is 0.372 e. The van der Waals surface area contributed by atoms with Gasteiger partial charge in [0.2, 0.25) is 0 Å². The summed E-state index contributed by atoms with van der Waals surface area (Å²) >= 11 is 3.64. The third-order valence-corrected chi connectivity index (χ3v) is 4.45. The molecule has 1 aliphatic rings. The van der Waals surface area contributed by atoms with Gasteiger partial charge in [-0.1, -0.05) is 12.8 Å². The minimum Gasteiger partial charge on any atom is -0.372 e. The standard InChI is InChI=1S/C14H16BrN5/c1-16-14-11(15)12(9-4-2-3-5-9)19-13(20-14)10-6-7-17-8-18-10/h6-9H,2-5H2,1H3,(H,16,19,20). The minimum absolute atomic E-state index is 0.514. The Labute approximate surface area is 126 Å². The van der Waals surface area contributed by atoms with E-state index in [0.29, 0.717) is 11.7 Å². The van der Waals surface area contributed by atoms with E-state index in [0.717, 1.165) is 21.7 Å². The van der Waals surface area contributed by atoms with E-state index >= 15 is 0 Å². The molecule has 0 spiro atoms. The van der Waals surface area contributed by atoms with Crippen LogP contribution in [0.1, 0.15) is 37.3 Å². The highest BCUT2D eigenvalue weighted by atomic mass is 79.9. The molecule has 0 radical (unpaired) electrons. The van der Waals surface area contributed by atoms with E-state index in [1.165, 1.54) is 32.0 Å². The van der Waals surface area contributed by atoms with Gasteiger partial charge in [0, 0.05) is 19.2 Å². The summed E-state index contributed by atoms with van der Waals surface area (Å²) in [5.74, 6) is 1.98. The van der Waals surface area contributed by atoms with E-state index in [1.54, 1.807) is 6.20 Å². The van der Waals surface area contributed by atoms with Gasteiger partial charge < -0.3 is 5.32 Å². The summed E-state index contributed by atoms with van der Waals surface area (Å²) in [5, 5.41) is 3.13. The van der Waals surface area contributed by atoms with E-state index in [4.69, 9.17) is 4.98 Å². The second-order valence-corrected chi connectivity index (χ2v) is 5.71. The second-order valence-electron chi connectivity index (χ2n) is 4.92. The van der Waals surface area contributed by atoms with Crippen molar-refractivity contribution in [3.63, 3.8) is 0 Å². The minimum atomic E-state index is 0.514. The van der Waals surface area contributed by atoms with Crippen molar-refractivity contribution in [3.05, 3.63) is 28.8 Å². The van der Waals surface area contributed by atoms with E-state index in [1.807, 2.05) is 13.1 Å². The van der Waals surface area contributed by atoms with Gasteiger partial charge in [0.1, 0.15) is 17.8 Å². The second kappa shape index (κ2) is 5.83. The Morgan fingerprint density at radius 1 is 1.25 bits per heavy atom. The number of halogens is 1. The maximum Gasteiger partial charge on any atom is 0.180 e. The Bertz CT molecular complexity index is 596. The van der Waals surface area contributed by atoms with Crippen LogP contribution in [0.25, 0.3) is 11.5 Å². The van der Waals surface area contributed by atoms with Crippen LogP contribution >= 0.6 is 15.9 Å². The highest BCUT2D eigenvalue weighted by Gasteiger charge is 2.24. The third-order valence-electron chi connectivity index (χ3n) is 3.67. The van der Waals surface area contributed by atoms with Crippen LogP contribution in [-0.4, -0.2) is 27.0 Å². The van der Waals surface area contributed by atoms with Crippen molar-refractivity contribution in [2.24, 2.45) is 0 Å². The zero-order valence-electron chi connectivity index (χ0n) is 11.3. The molecule has 2 aromatic rings. The molecule has 1 saturated carbocycles. The summed E-state index contributed by atoms with van der Waals surface area (Å²) in [6.45, 7) is 0. The first-order valence-corrected chi connectivity index (χ1v) is 7.60. The van der Waals surface area contributed by atoms with Crippen LogP contribution in [0.4, 0.5) is 5.82 Å². The van der Waals surface area contributed by atoms with Crippen molar-refractivity contribution in [3.8, 4) is 11.5 Å². The number of nitrogens with one attached hydrogen (secondary N) is 1. The van der Waals surface area contributed by atoms with Crippen LogP contribution in [0, 0.1) is 0 Å². The Balaban J connectivity index is 2.09.